The number of non-ortho nitro benzene ring substituents is 1. The van der Waals surface area contributed by atoms with Gasteiger partial charge in [-0.25, -0.2) is 14.5 Å². The Balaban J connectivity index is 1.52. The van der Waals surface area contributed by atoms with Crippen molar-refractivity contribution in [2.75, 3.05) is 19.1 Å². The highest BCUT2D eigenvalue weighted by atomic mass is 16.6. The summed E-state index contributed by atoms with van der Waals surface area (Å²) in [6, 6.07) is 23.2. The van der Waals surface area contributed by atoms with E-state index in [0.29, 0.717) is 29.5 Å². The van der Waals surface area contributed by atoms with Gasteiger partial charge in [0.1, 0.15) is 23.0 Å². The van der Waals surface area contributed by atoms with Crippen LogP contribution in [0.4, 0.5) is 5.69 Å². The lowest BCUT2D eigenvalue weighted by Crippen LogP contribution is -2.31. The number of benzene rings is 3. The van der Waals surface area contributed by atoms with Crippen molar-refractivity contribution in [2.24, 2.45) is 0 Å². The Morgan fingerprint density at radius 1 is 1.03 bits per heavy atom. The second-order valence-electron chi connectivity index (χ2n) is 8.03. The lowest BCUT2D eigenvalue weighted by molar-refractivity contribution is -0.384. The number of nitro benzene ring substituents is 1. The molecule has 0 spiro atoms. The van der Waals surface area contributed by atoms with Crippen molar-refractivity contribution in [3.63, 3.8) is 0 Å². The zero-order chi connectivity index (χ0) is 24.4. The molecule has 1 atom stereocenters. The van der Waals surface area contributed by atoms with Crippen molar-refractivity contribution >= 4 is 11.7 Å². The first-order valence-corrected chi connectivity index (χ1v) is 11.1. The third-order valence-corrected chi connectivity index (χ3v) is 5.91. The van der Waals surface area contributed by atoms with E-state index in [9.17, 15) is 14.9 Å². The number of hydrogen-bond acceptors (Lipinski definition) is 7. The molecule has 9 nitrogen and oxygen atoms in total. The standard InChI is InChI=1S/C26H22N4O5/c1-34-26(31)24-23(18-9-13-21(14-10-18)35-20-5-3-2-4-6-20)28-25-22(15-16-27-29(24)25)17-7-11-19(12-8-17)30(32)33/h2-14,22,27H,15-16H2,1H3. The Hall–Kier alpha value is -4.66. The third kappa shape index (κ3) is 4.31. The summed E-state index contributed by atoms with van der Waals surface area (Å²) in [5.41, 5.74) is 5.66. The molecule has 3 aromatic carbocycles. The van der Waals surface area contributed by atoms with Gasteiger partial charge < -0.3 is 14.9 Å². The fourth-order valence-corrected chi connectivity index (χ4v) is 4.22. The maximum atomic E-state index is 12.8. The molecule has 2 heterocycles. The SMILES string of the molecule is COC(=O)c1c(-c2ccc(Oc3ccccc3)cc2)nc2n1NCCC2c1ccc([N+](=O)[O-])cc1. The molecule has 1 aromatic heterocycles. The van der Waals surface area contributed by atoms with Crippen LogP contribution in [0.15, 0.2) is 78.9 Å². The first-order valence-electron chi connectivity index (χ1n) is 11.1. The molecule has 0 radical (unpaired) electrons. The quantitative estimate of drug-likeness (QED) is 0.237. The summed E-state index contributed by atoms with van der Waals surface area (Å²) in [6.07, 6.45) is 0.721. The molecule has 0 saturated heterocycles. The van der Waals surface area contributed by atoms with Gasteiger partial charge in [0, 0.05) is 30.2 Å². The second kappa shape index (κ2) is 9.30. The van der Waals surface area contributed by atoms with Crippen molar-refractivity contribution in [2.45, 2.75) is 12.3 Å². The molecule has 0 aliphatic carbocycles. The molecule has 0 bridgehead atoms. The molecule has 1 aliphatic heterocycles. The van der Waals surface area contributed by atoms with E-state index in [1.165, 1.54) is 19.2 Å². The molecule has 0 saturated carbocycles. The van der Waals surface area contributed by atoms with Crippen LogP contribution >= 0.6 is 0 Å². The fraction of sp³-hybridized carbons (Fsp3) is 0.154. The molecular weight excluding hydrogens is 448 g/mol. The average Bonchev–Trinajstić information content (AvgIpc) is 3.29. The molecule has 1 aliphatic rings. The van der Waals surface area contributed by atoms with Gasteiger partial charge in [0.05, 0.1) is 12.0 Å². The molecule has 176 valence electrons. The van der Waals surface area contributed by atoms with Crippen LogP contribution in [0.2, 0.25) is 0 Å². The Morgan fingerprint density at radius 2 is 1.71 bits per heavy atom. The number of carbonyl (C=O) groups excluding carboxylic acids is 1. The molecule has 1 unspecified atom stereocenters. The van der Waals surface area contributed by atoms with E-state index in [-0.39, 0.29) is 11.6 Å². The van der Waals surface area contributed by atoms with Gasteiger partial charge in [0.15, 0.2) is 5.69 Å². The summed E-state index contributed by atoms with van der Waals surface area (Å²) >= 11 is 0. The number of carbonyl (C=O) groups is 1. The predicted octanol–water partition coefficient (Wildman–Crippen LogP) is 5.12. The normalized spacial score (nSPS) is 14.5. The number of aromatic nitrogens is 2. The van der Waals surface area contributed by atoms with Crippen molar-refractivity contribution in [3.8, 4) is 22.8 Å². The van der Waals surface area contributed by atoms with E-state index in [4.69, 9.17) is 14.5 Å². The van der Waals surface area contributed by atoms with Gasteiger partial charge in [-0.2, -0.15) is 0 Å². The van der Waals surface area contributed by atoms with Gasteiger partial charge in [-0.1, -0.05) is 30.3 Å². The van der Waals surface area contributed by atoms with Crippen molar-refractivity contribution < 1.29 is 19.2 Å². The van der Waals surface area contributed by atoms with Crippen LogP contribution in [-0.2, 0) is 4.74 Å². The molecule has 0 amide bonds. The second-order valence-corrected chi connectivity index (χ2v) is 8.03. The Labute approximate surface area is 201 Å². The van der Waals surface area contributed by atoms with Crippen LogP contribution < -0.4 is 10.2 Å². The van der Waals surface area contributed by atoms with E-state index in [0.717, 1.165) is 23.3 Å². The minimum Gasteiger partial charge on any atom is -0.464 e. The lowest BCUT2D eigenvalue weighted by Gasteiger charge is -2.25. The molecule has 35 heavy (non-hydrogen) atoms. The predicted molar refractivity (Wildman–Crippen MR) is 129 cm³/mol. The van der Waals surface area contributed by atoms with Crippen molar-refractivity contribution in [3.05, 3.63) is 106 Å². The summed E-state index contributed by atoms with van der Waals surface area (Å²) in [7, 11) is 1.33. The molecule has 1 N–H and O–H groups in total. The number of imidazole rings is 1. The highest BCUT2D eigenvalue weighted by Gasteiger charge is 2.32. The Bertz CT molecular complexity index is 1370. The topological polar surface area (TPSA) is 109 Å². The summed E-state index contributed by atoms with van der Waals surface area (Å²) < 4.78 is 12.6. The van der Waals surface area contributed by atoms with Crippen molar-refractivity contribution in [1.82, 2.24) is 9.66 Å². The number of para-hydroxylation sites is 1. The number of nitrogens with one attached hydrogen (secondary N) is 1. The highest BCUT2D eigenvalue weighted by Crippen LogP contribution is 2.36. The van der Waals surface area contributed by atoms with Crippen LogP contribution in [0.3, 0.4) is 0 Å². The van der Waals surface area contributed by atoms with E-state index in [1.54, 1.807) is 16.8 Å². The van der Waals surface area contributed by atoms with Gasteiger partial charge in [0.2, 0.25) is 0 Å². The maximum absolute atomic E-state index is 12.8. The van der Waals surface area contributed by atoms with Crippen molar-refractivity contribution in [1.29, 1.82) is 0 Å². The van der Waals surface area contributed by atoms with Crippen LogP contribution in [-0.4, -0.2) is 34.2 Å². The first kappa shape index (κ1) is 22.1. The first-order chi connectivity index (χ1) is 17.0. The van der Waals surface area contributed by atoms with Gasteiger partial charge in [-0.05, 0) is 48.4 Å². The number of ether oxygens (including phenoxy) is 2. The Morgan fingerprint density at radius 3 is 2.37 bits per heavy atom. The summed E-state index contributed by atoms with van der Waals surface area (Å²) in [5.74, 6) is 1.37. The average molecular weight is 470 g/mol. The number of nitro groups is 1. The number of fused-ring (bicyclic) bond motifs is 1. The van der Waals surface area contributed by atoms with E-state index < -0.39 is 10.9 Å². The van der Waals surface area contributed by atoms with E-state index in [2.05, 4.69) is 5.43 Å². The number of rotatable bonds is 6. The van der Waals surface area contributed by atoms with E-state index in [1.807, 2.05) is 54.6 Å². The molecular formula is C26H22N4O5. The van der Waals surface area contributed by atoms with Crippen LogP contribution in [0.25, 0.3) is 11.3 Å². The van der Waals surface area contributed by atoms with Gasteiger partial charge in [-0.3, -0.25) is 10.1 Å². The molecule has 9 heteroatoms. The smallest absolute Gasteiger partial charge is 0.358 e. The zero-order valence-electron chi connectivity index (χ0n) is 18.9. The minimum atomic E-state index is -0.514. The monoisotopic (exact) mass is 470 g/mol. The molecule has 0 fully saturated rings. The number of methoxy groups -OCH3 is 1. The lowest BCUT2D eigenvalue weighted by atomic mass is 9.94. The largest absolute Gasteiger partial charge is 0.464 e. The van der Waals surface area contributed by atoms with E-state index >= 15 is 0 Å². The number of nitrogens with zero attached hydrogens (tertiary/aromatic N) is 3. The highest BCUT2D eigenvalue weighted by molar-refractivity contribution is 5.95. The van der Waals surface area contributed by atoms with Crippen LogP contribution in [0.5, 0.6) is 11.5 Å². The zero-order valence-corrected chi connectivity index (χ0v) is 18.9. The fourth-order valence-electron chi connectivity index (χ4n) is 4.22. The Kier molecular flexibility index (Phi) is 5.88. The number of hydrogen-bond donors (Lipinski definition) is 1. The van der Waals surface area contributed by atoms with Crippen LogP contribution in [0, 0.1) is 10.1 Å². The van der Waals surface area contributed by atoms with Gasteiger partial charge in [-0.15, -0.1) is 0 Å². The molecule has 5 rings (SSSR count). The molecule has 4 aromatic rings. The summed E-state index contributed by atoms with van der Waals surface area (Å²) in [4.78, 5) is 28.3. The third-order valence-electron chi connectivity index (χ3n) is 5.91. The van der Waals surface area contributed by atoms with Gasteiger partial charge in [0.25, 0.3) is 5.69 Å². The van der Waals surface area contributed by atoms with Gasteiger partial charge >= 0.3 is 5.97 Å². The minimum absolute atomic E-state index is 0.0276. The summed E-state index contributed by atoms with van der Waals surface area (Å²) in [5, 5.41) is 11.0. The van der Waals surface area contributed by atoms with Crippen LogP contribution in [0.1, 0.15) is 34.2 Å². The summed E-state index contributed by atoms with van der Waals surface area (Å²) in [6.45, 7) is 0.596. The maximum Gasteiger partial charge on any atom is 0.358 e. The number of esters is 1.